The van der Waals surface area contributed by atoms with Crippen molar-refractivity contribution < 1.29 is 14.9 Å². The molecule has 4 atom stereocenters. The third-order valence-electron chi connectivity index (χ3n) is 8.98. The molecule has 5 nitrogen and oxygen atoms in total. The number of aliphatic hydroxyl groups is 2. The first-order valence-electron chi connectivity index (χ1n) is 14.1. The highest BCUT2D eigenvalue weighted by Gasteiger charge is 2.45. The third-order valence-corrected chi connectivity index (χ3v) is 9.26. The largest absolute Gasteiger partial charge is 0.487 e. The maximum Gasteiger partial charge on any atom is 0.131 e. The zero-order valence-electron chi connectivity index (χ0n) is 22.9. The molecular weight excluding hydrogens is 496 g/mol. The minimum atomic E-state index is -0.807. The van der Waals surface area contributed by atoms with Crippen LogP contribution in [0.3, 0.4) is 0 Å². The van der Waals surface area contributed by atoms with Crippen LogP contribution >= 0.6 is 11.6 Å². The van der Waals surface area contributed by atoms with Crippen molar-refractivity contribution in [2.24, 2.45) is 17.8 Å². The van der Waals surface area contributed by atoms with Crippen LogP contribution in [0.25, 0.3) is 5.57 Å². The van der Waals surface area contributed by atoms with E-state index in [1.165, 1.54) is 5.57 Å². The predicted molar refractivity (Wildman–Crippen MR) is 153 cm³/mol. The van der Waals surface area contributed by atoms with Gasteiger partial charge in [0.1, 0.15) is 12.4 Å². The normalized spacial score (nSPS) is 30.9. The number of piperidine rings is 1. The first-order chi connectivity index (χ1) is 18.2. The molecule has 2 N–H and O–H groups in total. The van der Waals surface area contributed by atoms with Crippen molar-refractivity contribution in [1.82, 2.24) is 9.88 Å². The Morgan fingerprint density at radius 3 is 2.87 bits per heavy atom. The first-order valence-corrected chi connectivity index (χ1v) is 14.5. The fourth-order valence-corrected chi connectivity index (χ4v) is 6.69. The maximum atomic E-state index is 11.7. The summed E-state index contributed by atoms with van der Waals surface area (Å²) < 4.78 is 6.19. The van der Waals surface area contributed by atoms with Crippen LogP contribution in [0.2, 0.25) is 0 Å². The number of allylic oxidation sites excluding steroid dienone is 6. The van der Waals surface area contributed by atoms with Gasteiger partial charge in [-0.1, -0.05) is 48.9 Å². The predicted octanol–water partition coefficient (Wildman–Crippen LogP) is 6.15. The van der Waals surface area contributed by atoms with Gasteiger partial charge >= 0.3 is 0 Å². The number of pyridine rings is 1. The summed E-state index contributed by atoms with van der Waals surface area (Å²) in [7, 11) is 0. The Morgan fingerprint density at radius 2 is 2.13 bits per heavy atom. The average Bonchev–Trinajstić information content (AvgIpc) is 3.06. The summed E-state index contributed by atoms with van der Waals surface area (Å²) in [6.45, 7) is 9.11. The minimum absolute atomic E-state index is 0.0233. The van der Waals surface area contributed by atoms with Crippen molar-refractivity contribution in [2.45, 2.75) is 70.7 Å². The summed E-state index contributed by atoms with van der Waals surface area (Å²) >= 11 is 6.14. The Hall–Kier alpha value is -2.18. The summed E-state index contributed by atoms with van der Waals surface area (Å²) in [5, 5.41) is 23.2. The Balaban J connectivity index is 1.33. The van der Waals surface area contributed by atoms with Crippen LogP contribution in [-0.2, 0) is 11.3 Å². The summed E-state index contributed by atoms with van der Waals surface area (Å²) in [6.07, 6.45) is 18.5. The highest BCUT2D eigenvalue weighted by Crippen LogP contribution is 2.43. The molecule has 2 aliphatic carbocycles. The second kappa shape index (κ2) is 11.1. The van der Waals surface area contributed by atoms with E-state index in [4.69, 9.17) is 16.3 Å². The smallest absolute Gasteiger partial charge is 0.131 e. The Bertz CT molecular complexity index is 1190. The van der Waals surface area contributed by atoms with Crippen molar-refractivity contribution in [3.05, 3.63) is 82.4 Å². The molecule has 4 aliphatic rings. The van der Waals surface area contributed by atoms with Gasteiger partial charge in [-0.2, -0.15) is 0 Å². The van der Waals surface area contributed by atoms with E-state index < -0.39 is 11.2 Å². The lowest BCUT2D eigenvalue weighted by atomic mass is 9.69. The Labute approximate surface area is 232 Å². The van der Waals surface area contributed by atoms with Gasteiger partial charge in [-0.15, -0.1) is 0 Å². The van der Waals surface area contributed by atoms with E-state index in [1.807, 2.05) is 44.3 Å². The molecule has 5 rings (SSSR count). The summed E-state index contributed by atoms with van der Waals surface area (Å²) in [4.78, 5) is 7.12. The molecule has 6 heteroatoms. The number of halogens is 1. The van der Waals surface area contributed by atoms with Crippen LogP contribution in [0.5, 0.6) is 0 Å². The van der Waals surface area contributed by atoms with Gasteiger partial charge in [0.2, 0.25) is 0 Å². The maximum absolute atomic E-state index is 11.7. The number of fused-ring (bicyclic) bond motifs is 1. The number of likely N-dealkylation sites (tertiary alicyclic amines) is 1. The Kier molecular flexibility index (Phi) is 8.02. The fourth-order valence-electron chi connectivity index (χ4n) is 6.53. The highest BCUT2D eigenvalue weighted by molar-refractivity contribution is 6.31. The SMILES string of the molecule is CCC1CN(CC/C=C2/C3=C(C=CC(C(C)(C)O)C3)OCc3ncccc32)CCC1(O)C1C=CC(Cl)=CC1. The van der Waals surface area contributed by atoms with Crippen LogP contribution in [0.15, 0.2) is 71.2 Å². The molecule has 0 saturated carbocycles. The summed E-state index contributed by atoms with van der Waals surface area (Å²) in [5.41, 5.74) is 2.91. The molecule has 4 unspecified atom stereocenters. The molecule has 1 saturated heterocycles. The highest BCUT2D eigenvalue weighted by atomic mass is 35.5. The van der Waals surface area contributed by atoms with Gasteiger partial charge in [-0.3, -0.25) is 4.98 Å². The van der Waals surface area contributed by atoms with Crippen molar-refractivity contribution in [1.29, 1.82) is 0 Å². The van der Waals surface area contributed by atoms with E-state index in [9.17, 15) is 10.2 Å². The van der Waals surface area contributed by atoms with Gasteiger partial charge < -0.3 is 19.8 Å². The molecule has 0 spiro atoms. The van der Waals surface area contributed by atoms with Gasteiger partial charge in [0.25, 0.3) is 0 Å². The average molecular weight is 537 g/mol. The van der Waals surface area contributed by atoms with Gasteiger partial charge in [0.05, 0.1) is 16.9 Å². The molecule has 0 bridgehead atoms. The zero-order valence-corrected chi connectivity index (χ0v) is 23.6. The lowest BCUT2D eigenvalue weighted by Crippen LogP contribution is -2.55. The molecule has 1 aromatic heterocycles. The fraction of sp³-hybridized carbons (Fsp3) is 0.531. The lowest BCUT2D eigenvalue weighted by Gasteiger charge is -2.48. The van der Waals surface area contributed by atoms with Crippen molar-refractivity contribution in [3.63, 3.8) is 0 Å². The molecule has 38 heavy (non-hydrogen) atoms. The number of ether oxygens (including phenoxy) is 1. The van der Waals surface area contributed by atoms with E-state index in [2.05, 4.69) is 41.1 Å². The topological polar surface area (TPSA) is 65.8 Å². The number of hydrogen-bond donors (Lipinski definition) is 2. The minimum Gasteiger partial charge on any atom is -0.487 e. The number of aromatic nitrogens is 1. The quantitative estimate of drug-likeness (QED) is 0.456. The third kappa shape index (κ3) is 5.58. The van der Waals surface area contributed by atoms with Crippen LogP contribution in [0.1, 0.15) is 64.1 Å². The Morgan fingerprint density at radius 1 is 1.29 bits per heavy atom. The van der Waals surface area contributed by atoms with Gasteiger partial charge in [-0.25, -0.2) is 0 Å². The van der Waals surface area contributed by atoms with E-state index in [1.54, 1.807) is 0 Å². The molecule has 0 amide bonds. The molecule has 0 radical (unpaired) electrons. The lowest BCUT2D eigenvalue weighted by molar-refractivity contribution is -0.101. The molecule has 1 aromatic rings. The molecule has 1 fully saturated rings. The monoisotopic (exact) mass is 536 g/mol. The second-order valence-corrected chi connectivity index (χ2v) is 12.2. The molecule has 0 aromatic carbocycles. The number of hydrogen-bond acceptors (Lipinski definition) is 5. The van der Waals surface area contributed by atoms with Gasteiger partial charge in [-0.05, 0) is 69.7 Å². The van der Waals surface area contributed by atoms with E-state index in [0.717, 1.165) is 79.4 Å². The van der Waals surface area contributed by atoms with E-state index in [-0.39, 0.29) is 17.8 Å². The van der Waals surface area contributed by atoms with Crippen LogP contribution in [-0.4, -0.2) is 50.9 Å². The standard InChI is InChI=1S/C32H41ClN2O3/c1-4-22-20-35(18-15-32(22,37)23-9-12-25(33)13-10-23)17-6-8-26-27-7-5-16-34-29(27)21-38-30-14-11-24(19-28(26)30)31(2,3)36/h5,7-9,11-14,16,22-24,36-37H,4,6,10,15,17-21H2,1-3H3/b26-8+. The van der Waals surface area contributed by atoms with Crippen molar-refractivity contribution in [3.8, 4) is 0 Å². The van der Waals surface area contributed by atoms with E-state index >= 15 is 0 Å². The first kappa shape index (κ1) is 27.4. The number of nitrogens with zero attached hydrogens (tertiary/aromatic N) is 2. The van der Waals surface area contributed by atoms with Crippen molar-refractivity contribution in [2.75, 3.05) is 19.6 Å². The summed E-state index contributed by atoms with van der Waals surface area (Å²) in [5.74, 6) is 1.27. The zero-order chi connectivity index (χ0) is 26.9. The van der Waals surface area contributed by atoms with Gasteiger partial charge in [0.15, 0.2) is 0 Å². The van der Waals surface area contributed by atoms with Crippen LogP contribution in [0, 0.1) is 17.8 Å². The van der Waals surface area contributed by atoms with Crippen molar-refractivity contribution >= 4 is 17.2 Å². The molecule has 3 heterocycles. The van der Waals surface area contributed by atoms with E-state index in [0.29, 0.717) is 6.61 Å². The van der Waals surface area contributed by atoms with Gasteiger partial charge in [0, 0.05) is 59.8 Å². The summed E-state index contributed by atoms with van der Waals surface area (Å²) in [6, 6.07) is 4.13. The second-order valence-electron chi connectivity index (χ2n) is 11.8. The molecule has 2 aliphatic heterocycles. The molecule has 204 valence electrons. The van der Waals surface area contributed by atoms with Crippen LogP contribution in [0.4, 0.5) is 0 Å². The number of rotatable bonds is 6. The van der Waals surface area contributed by atoms with Crippen LogP contribution < -0.4 is 0 Å². The molecular formula is C32H41ClN2O3.